The van der Waals surface area contributed by atoms with Crippen LogP contribution in [0.5, 0.6) is 11.6 Å². The number of piperidine rings is 1. The molecule has 0 radical (unpaired) electrons. The molecule has 4 aliphatic rings. The average Bonchev–Trinajstić information content (AvgIpc) is 3.63. The van der Waals surface area contributed by atoms with Crippen molar-refractivity contribution in [3.63, 3.8) is 0 Å². The number of esters is 2. The summed E-state index contributed by atoms with van der Waals surface area (Å²) in [5.74, 6) is -0.0703. The number of rotatable bonds is 3. The van der Waals surface area contributed by atoms with Crippen LogP contribution < -0.4 is 14.8 Å². The number of pyridine rings is 1. The SMILES string of the molecule is COC(=O)[C@@H]1C[C@@H]2CN1C(=O)[C@H](C(C)(C)C)CC(=O)O[C@@H]1C[C@H]1CCCCCc1c(nc3ccccc3c1OC1CCNCC1)O2. The van der Waals surface area contributed by atoms with Crippen LogP contribution in [0.2, 0.25) is 0 Å². The third kappa shape index (κ3) is 7.27. The Bertz CT molecular complexity index is 1430. The maximum Gasteiger partial charge on any atom is 0.328 e. The summed E-state index contributed by atoms with van der Waals surface area (Å²) in [6.45, 7) is 7.85. The highest BCUT2D eigenvalue weighted by Crippen LogP contribution is 2.42. The maximum atomic E-state index is 14.2. The van der Waals surface area contributed by atoms with Crippen LogP contribution in [0.4, 0.5) is 0 Å². The van der Waals surface area contributed by atoms with Gasteiger partial charge in [-0.1, -0.05) is 45.7 Å². The summed E-state index contributed by atoms with van der Waals surface area (Å²) < 4.78 is 24.5. The number of para-hydroxylation sites is 1. The average molecular weight is 636 g/mol. The van der Waals surface area contributed by atoms with Gasteiger partial charge in [-0.2, -0.15) is 0 Å². The van der Waals surface area contributed by atoms with E-state index < -0.39 is 29.4 Å². The summed E-state index contributed by atoms with van der Waals surface area (Å²) >= 11 is 0. The Morgan fingerprint density at radius 3 is 2.57 bits per heavy atom. The van der Waals surface area contributed by atoms with E-state index in [1.165, 1.54) is 7.11 Å². The van der Waals surface area contributed by atoms with Crippen molar-refractivity contribution < 1.29 is 33.3 Å². The summed E-state index contributed by atoms with van der Waals surface area (Å²) in [6, 6.07) is 7.19. The maximum absolute atomic E-state index is 14.2. The van der Waals surface area contributed by atoms with Gasteiger partial charge in [0, 0.05) is 11.8 Å². The molecule has 1 aliphatic carbocycles. The molecule has 6 rings (SSSR count). The van der Waals surface area contributed by atoms with Crippen LogP contribution >= 0.6 is 0 Å². The predicted octanol–water partition coefficient (Wildman–Crippen LogP) is 4.99. The molecule has 1 N–H and O–H groups in total. The van der Waals surface area contributed by atoms with Gasteiger partial charge in [0.1, 0.15) is 30.1 Å². The zero-order valence-electron chi connectivity index (χ0n) is 27.7. The number of hydrogen-bond acceptors (Lipinski definition) is 9. The fourth-order valence-electron chi connectivity index (χ4n) is 7.28. The van der Waals surface area contributed by atoms with Crippen molar-refractivity contribution in [2.45, 2.75) is 109 Å². The molecule has 3 fully saturated rings. The predicted molar refractivity (Wildman–Crippen MR) is 173 cm³/mol. The monoisotopic (exact) mass is 635 g/mol. The van der Waals surface area contributed by atoms with Gasteiger partial charge in [0.15, 0.2) is 0 Å². The number of fused-ring (bicyclic) bond motifs is 5. The van der Waals surface area contributed by atoms with Crippen molar-refractivity contribution in [2.24, 2.45) is 17.3 Å². The molecule has 10 heteroatoms. The lowest BCUT2D eigenvalue weighted by molar-refractivity contribution is -0.157. The zero-order valence-corrected chi connectivity index (χ0v) is 27.7. The van der Waals surface area contributed by atoms with E-state index in [0.29, 0.717) is 11.8 Å². The molecule has 1 aromatic carbocycles. The second kappa shape index (κ2) is 13.8. The minimum absolute atomic E-state index is 0.0325. The van der Waals surface area contributed by atoms with E-state index in [0.717, 1.165) is 86.7 Å². The van der Waals surface area contributed by atoms with E-state index in [1.807, 2.05) is 39.0 Å². The number of methoxy groups -OCH3 is 1. The minimum Gasteiger partial charge on any atom is -0.489 e. The molecule has 10 nitrogen and oxygen atoms in total. The highest BCUT2D eigenvalue weighted by Gasteiger charge is 2.47. The molecule has 46 heavy (non-hydrogen) atoms. The Balaban J connectivity index is 1.37. The van der Waals surface area contributed by atoms with Crippen molar-refractivity contribution in [1.82, 2.24) is 15.2 Å². The van der Waals surface area contributed by atoms with Gasteiger partial charge in [-0.3, -0.25) is 9.59 Å². The van der Waals surface area contributed by atoms with Crippen LogP contribution in [0.1, 0.15) is 84.1 Å². The van der Waals surface area contributed by atoms with Crippen LogP contribution in [-0.2, 0) is 30.3 Å². The molecular weight excluding hydrogens is 586 g/mol. The fourth-order valence-corrected chi connectivity index (χ4v) is 7.28. The number of ether oxygens (including phenoxy) is 4. The first-order valence-electron chi connectivity index (χ1n) is 17.2. The molecule has 2 bridgehead atoms. The van der Waals surface area contributed by atoms with Gasteiger partial charge in [-0.25, -0.2) is 9.78 Å². The lowest BCUT2D eigenvalue weighted by Crippen LogP contribution is -2.47. The highest BCUT2D eigenvalue weighted by atomic mass is 16.6. The number of amides is 1. The first kappa shape index (κ1) is 32.5. The van der Waals surface area contributed by atoms with Crippen molar-refractivity contribution in [1.29, 1.82) is 0 Å². The van der Waals surface area contributed by atoms with Gasteiger partial charge < -0.3 is 29.2 Å². The number of carbonyl (C=O) groups excluding carboxylic acids is 3. The Hall–Kier alpha value is -3.40. The molecule has 0 unspecified atom stereocenters. The number of carbonyl (C=O) groups is 3. The van der Waals surface area contributed by atoms with Gasteiger partial charge in [0.2, 0.25) is 11.8 Å². The van der Waals surface area contributed by atoms with Gasteiger partial charge in [0.05, 0.1) is 37.1 Å². The number of aromatic nitrogens is 1. The molecular formula is C36H49N3O7. The van der Waals surface area contributed by atoms with Crippen molar-refractivity contribution in [3.8, 4) is 11.6 Å². The van der Waals surface area contributed by atoms with E-state index in [-0.39, 0.29) is 43.5 Å². The molecule has 2 aromatic rings. The molecule has 250 valence electrons. The van der Waals surface area contributed by atoms with Gasteiger partial charge in [-0.15, -0.1) is 0 Å². The van der Waals surface area contributed by atoms with Crippen LogP contribution in [0.25, 0.3) is 10.9 Å². The topological polar surface area (TPSA) is 116 Å². The first-order valence-corrected chi connectivity index (χ1v) is 17.2. The summed E-state index contributed by atoms with van der Waals surface area (Å²) in [4.78, 5) is 46.9. The normalized spacial score (nSPS) is 28.3. The number of benzene rings is 1. The van der Waals surface area contributed by atoms with E-state index in [2.05, 4.69) is 11.4 Å². The van der Waals surface area contributed by atoms with Crippen LogP contribution in [0.15, 0.2) is 24.3 Å². The fraction of sp³-hybridized carbons (Fsp3) is 0.667. The Labute approximate surface area is 271 Å². The summed E-state index contributed by atoms with van der Waals surface area (Å²) in [5.41, 5.74) is 1.20. The van der Waals surface area contributed by atoms with Gasteiger partial charge in [0.25, 0.3) is 0 Å². The molecule has 1 aromatic heterocycles. The minimum atomic E-state index is -0.826. The van der Waals surface area contributed by atoms with Gasteiger partial charge >= 0.3 is 11.9 Å². The number of nitrogens with one attached hydrogen (secondary N) is 1. The molecule has 2 saturated heterocycles. The second-order valence-corrected chi connectivity index (χ2v) is 14.6. The first-order chi connectivity index (χ1) is 22.1. The zero-order chi connectivity index (χ0) is 32.4. The Morgan fingerprint density at radius 2 is 1.80 bits per heavy atom. The van der Waals surface area contributed by atoms with Crippen molar-refractivity contribution >= 4 is 28.7 Å². The summed E-state index contributed by atoms with van der Waals surface area (Å²) in [7, 11) is 1.33. The standard InChI is InChI=1S/C36H49N3O7/c1-36(2,3)27-20-31(40)46-30-18-22(30)10-6-5-7-12-26-32(44-23-14-16-37-17-15-23)25-11-8-9-13-28(25)38-33(26)45-24-19-29(35(42)43-4)39(21-24)34(27)41/h8-9,11,13,22-24,27,29-30,37H,5-7,10,12,14-21H2,1-4H3/t22-,24-,27-,29+,30-/m1/s1. The quantitative estimate of drug-likeness (QED) is 0.466. The van der Waals surface area contributed by atoms with Crippen LogP contribution in [0, 0.1) is 17.3 Å². The Morgan fingerprint density at radius 1 is 1.02 bits per heavy atom. The van der Waals surface area contributed by atoms with Gasteiger partial charge in [-0.05, 0) is 75.1 Å². The smallest absolute Gasteiger partial charge is 0.328 e. The van der Waals surface area contributed by atoms with E-state index in [1.54, 1.807) is 4.90 Å². The molecule has 5 atom stereocenters. The molecule has 3 aliphatic heterocycles. The Kier molecular flexibility index (Phi) is 9.73. The molecule has 1 saturated carbocycles. The second-order valence-electron chi connectivity index (χ2n) is 14.6. The third-order valence-corrected chi connectivity index (χ3v) is 10.1. The van der Waals surface area contributed by atoms with E-state index >= 15 is 0 Å². The number of nitrogens with zero attached hydrogens (tertiary/aromatic N) is 2. The lowest BCUT2D eigenvalue weighted by atomic mass is 9.77. The molecule has 1 amide bonds. The highest BCUT2D eigenvalue weighted by molar-refractivity contribution is 5.90. The van der Waals surface area contributed by atoms with E-state index in [9.17, 15) is 14.4 Å². The van der Waals surface area contributed by atoms with Crippen LogP contribution in [0.3, 0.4) is 0 Å². The third-order valence-electron chi connectivity index (χ3n) is 10.1. The summed E-state index contributed by atoms with van der Waals surface area (Å²) in [5, 5.41) is 4.39. The number of hydrogen-bond donors (Lipinski definition) is 1. The summed E-state index contributed by atoms with van der Waals surface area (Å²) in [6.07, 6.45) is 7.23. The largest absolute Gasteiger partial charge is 0.489 e. The lowest BCUT2D eigenvalue weighted by Gasteiger charge is -2.34. The van der Waals surface area contributed by atoms with Crippen molar-refractivity contribution in [2.75, 3.05) is 26.7 Å². The molecule has 4 heterocycles. The van der Waals surface area contributed by atoms with Crippen molar-refractivity contribution in [3.05, 3.63) is 29.8 Å². The van der Waals surface area contributed by atoms with E-state index in [4.69, 9.17) is 23.9 Å². The van der Waals surface area contributed by atoms with Crippen LogP contribution in [-0.4, -0.2) is 78.8 Å². The molecule has 0 spiro atoms.